The van der Waals surface area contributed by atoms with Gasteiger partial charge < -0.3 is 15.8 Å². The van der Waals surface area contributed by atoms with Crippen molar-refractivity contribution >= 4 is 5.91 Å². The molecule has 3 aliphatic rings. The molecule has 3 fully saturated rings. The lowest BCUT2D eigenvalue weighted by Crippen LogP contribution is -2.58. The highest BCUT2D eigenvalue weighted by Crippen LogP contribution is 2.31. The van der Waals surface area contributed by atoms with Gasteiger partial charge in [0, 0.05) is 18.6 Å². The molecule has 0 radical (unpaired) electrons. The van der Waals surface area contributed by atoms with Gasteiger partial charge in [-0.05, 0) is 38.1 Å². The largest absolute Gasteiger partial charge is 0.378 e. The Morgan fingerprint density at radius 3 is 2.89 bits per heavy atom. The average Bonchev–Trinajstić information content (AvgIpc) is 3.12. The van der Waals surface area contributed by atoms with E-state index in [-0.39, 0.29) is 11.9 Å². The number of ether oxygens (including phenoxy) is 1. The van der Waals surface area contributed by atoms with Crippen LogP contribution in [0.3, 0.4) is 0 Å². The Labute approximate surface area is 114 Å². The van der Waals surface area contributed by atoms with Gasteiger partial charge in [0.1, 0.15) is 6.04 Å². The molecule has 108 valence electrons. The van der Waals surface area contributed by atoms with Crippen molar-refractivity contribution in [1.82, 2.24) is 10.2 Å². The second kappa shape index (κ2) is 5.77. The Hall–Kier alpha value is -0.650. The minimum Gasteiger partial charge on any atom is -0.378 e. The Balaban J connectivity index is 1.67. The van der Waals surface area contributed by atoms with Gasteiger partial charge in [0.2, 0.25) is 5.91 Å². The molecule has 3 unspecified atom stereocenters. The lowest BCUT2D eigenvalue weighted by Gasteiger charge is -2.40. The first-order valence-corrected chi connectivity index (χ1v) is 7.63. The van der Waals surface area contributed by atoms with Crippen molar-refractivity contribution in [3.05, 3.63) is 0 Å². The number of rotatable bonds is 4. The van der Waals surface area contributed by atoms with Crippen LogP contribution in [-0.2, 0) is 9.53 Å². The van der Waals surface area contributed by atoms with E-state index in [1.165, 1.54) is 19.3 Å². The quantitative estimate of drug-likeness (QED) is 0.758. The highest BCUT2D eigenvalue weighted by Gasteiger charge is 2.40. The van der Waals surface area contributed by atoms with Crippen molar-refractivity contribution in [3.8, 4) is 0 Å². The molecular formula is C14H25N3O2. The summed E-state index contributed by atoms with van der Waals surface area (Å²) in [5, 5.41) is 3.12. The maximum atomic E-state index is 12.3. The van der Waals surface area contributed by atoms with Crippen molar-refractivity contribution in [3.63, 3.8) is 0 Å². The summed E-state index contributed by atoms with van der Waals surface area (Å²) in [6, 6.07) is 0.792. The van der Waals surface area contributed by atoms with E-state index in [2.05, 4.69) is 10.2 Å². The Bertz CT molecular complexity index is 333. The van der Waals surface area contributed by atoms with Crippen LogP contribution in [0.5, 0.6) is 0 Å². The molecule has 0 aromatic rings. The fourth-order valence-electron chi connectivity index (χ4n) is 3.49. The zero-order valence-electron chi connectivity index (χ0n) is 11.5. The molecule has 3 atom stereocenters. The molecule has 3 N–H and O–H groups in total. The molecule has 0 aromatic carbocycles. The molecule has 0 bridgehead atoms. The molecule has 0 spiro atoms. The fourth-order valence-corrected chi connectivity index (χ4v) is 3.49. The summed E-state index contributed by atoms with van der Waals surface area (Å²) >= 11 is 0. The molecule has 0 aromatic heterocycles. The third-order valence-electron chi connectivity index (χ3n) is 4.74. The standard InChI is InChI=1S/C14H25N3O2/c15-8-10-2-1-3-12(10)17-6-7-19-9-13(17)14(18)16-11-4-5-11/h10-13H,1-9,15H2,(H,16,18). The number of carbonyl (C=O) groups is 1. The third kappa shape index (κ3) is 2.93. The summed E-state index contributed by atoms with van der Waals surface area (Å²) in [4.78, 5) is 14.7. The molecule has 19 heavy (non-hydrogen) atoms. The van der Waals surface area contributed by atoms with Crippen molar-refractivity contribution in [2.24, 2.45) is 11.7 Å². The zero-order valence-corrected chi connectivity index (χ0v) is 11.5. The maximum Gasteiger partial charge on any atom is 0.239 e. The van der Waals surface area contributed by atoms with Crippen molar-refractivity contribution in [1.29, 1.82) is 0 Å². The SMILES string of the molecule is NCC1CCCC1N1CCOCC1C(=O)NC1CC1. The topological polar surface area (TPSA) is 67.6 Å². The van der Waals surface area contributed by atoms with Gasteiger partial charge in [-0.1, -0.05) is 6.42 Å². The van der Waals surface area contributed by atoms with E-state index in [1.54, 1.807) is 0 Å². The van der Waals surface area contributed by atoms with Gasteiger partial charge in [0.15, 0.2) is 0 Å². The number of carbonyl (C=O) groups excluding carboxylic acids is 1. The van der Waals surface area contributed by atoms with Gasteiger partial charge in [-0.3, -0.25) is 9.69 Å². The molecule has 3 rings (SSSR count). The minimum absolute atomic E-state index is 0.105. The average molecular weight is 267 g/mol. The van der Waals surface area contributed by atoms with Gasteiger partial charge in [-0.2, -0.15) is 0 Å². The van der Waals surface area contributed by atoms with Crippen LogP contribution < -0.4 is 11.1 Å². The van der Waals surface area contributed by atoms with E-state index in [0.717, 1.165) is 32.5 Å². The van der Waals surface area contributed by atoms with Crippen LogP contribution in [0.25, 0.3) is 0 Å². The Kier molecular flexibility index (Phi) is 4.05. The fraction of sp³-hybridized carbons (Fsp3) is 0.929. The number of amides is 1. The molecule has 1 aliphatic heterocycles. The lowest BCUT2D eigenvalue weighted by molar-refractivity contribution is -0.135. The second-order valence-electron chi connectivity index (χ2n) is 6.11. The minimum atomic E-state index is -0.105. The first-order valence-electron chi connectivity index (χ1n) is 7.63. The predicted octanol–water partition coefficient (Wildman–Crippen LogP) is 0.0932. The maximum absolute atomic E-state index is 12.3. The van der Waals surface area contributed by atoms with E-state index in [9.17, 15) is 4.79 Å². The highest BCUT2D eigenvalue weighted by molar-refractivity contribution is 5.82. The first kappa shape index (κ1) is 13.3. The predicted molar refractivity (Wildman–Crippen MR) is 72.7 cm³/mol. The normalized spacial score (nSPS) is 36.4. The Morgan fingerprint density at radius 1 is 1.32 bits per heavy atom. The zero-order chi connectivity index (χ0) is 13.2. The van der Waals surface area contributed by atoms with Crippen LogP contribution in [0, 0.1) is 5.92 Å². The molecular weight excluding hydrogens is 242 g/mol. The van der Waals surface area contributed by atoms with Gasteiger partial charge in [0.05, 0.1) is 13.2 Å². The van der Waals surface area contributed by atoms with Gasteiger partial charge in [0.25, 0.3) is 0 Å². The summed E-state index contributed by atoms with van der Waals surface area (Å²) in [6.07, 6.45) is 5.88. The first-order chi connectivity index (χ1) is 9.29. The molecule has 1 heterocycles. The number of hydrogen-bond donors (Lipinski definition) is 2. The van der Waals surface area contributed by atoms with E-state index in [1.807, 2.05) is 0 Å². The molecule has 2 aliphatic carbocycles. The second-order valence-corrected chi connectivity index (χ2v) is 6.11. The number of nitrogens with zero attached hydrogens (tertiary/aromatic N) is 1. The van der Waals surface area contributed by atoms with Crippen LogP contribution >= 0.6 is 0 Å². The number of nitrogens with one attached hydrogen (secondary N) is 1. The van der Waals surface area contributed by atoms with Gasteiger partial charge >= 0.3 is 0 Å². The molecule has 5 heteroatoms. The van der Waals surface area contributed by atoms with Crippen molar-refractivity contribution in [2.75, 3.05) is 26.3 Å². The van der Waals surface area contributed by atoms with Crippen LogP contribution in [0.2, 0.25) is 0 Å². The van der Waals surface area contributed by atoms with Crippen molar-refractivity contribution < 1.29 is 9.53 Å². The summed E-state index contributed by atoms with van der Waals surface area (Å²) in [5.41, 5.74) is 5.88. The van der Waals surface area contributed by atoms with Crippen LogP contribution in [0.1, 0.15) is 32.1 Å². The van der Waals surface area contributed by atoms with E-state index >= 15 is 0 Å². The Morgan fingerprint density at radius 2 is 2.16 bits per heavy atom. The molecule has 5 nitrogen and oxygen atoms in total. The van der Waals surface area contributed by atoms with E-state index < -0.39 is 0 Å². The summed E-state index contributed by atoms with van der Waals surface area (Å²) in [6.45, 7) is 2.87. The van der Waals surface area contributed by atoms with E-state index in [4.69, 9.17) is 10.5 Å². The summed E-state index contributed by atoms with van der Waals surface area (Å²) in [5.74, 6) is 0.708. The van der Waals surface area contributed by atoms with E-state index in [0.29, 0.717) is 24.6 Å². The summed E-state index contributed by atoms with van der Waals surface area (Å²) in [7, 11) is 0. The lowest BCUT2D eigenvalue weighted by atomic mass is 9.99. The third-order valence-corrected chi connectivity index (χ3v) is 4.74. The molecule has 1 amide bonds. The number of nitrogens with two attached hydrogens (primary N) is 1. The van der Waals surface area contributed by atoms with Gasteiger partial charge in [-0.15, -0.1) is 0 Å². The van der Waals surface area contributed by atoms with Crippen LogP contribution in [-0.4, -0.2) is 55.2 Å². The number of morpholine rings is 1. The van der Waals surface area contributed by atoms with Crippen LogP contribution in [0.4, 0.5) is 0 Å². The smallest absolute Gasteiger partial charge is 0.239 e. The monoisotopic (exact) mass is 267 g/mol. The molecule has 1 saturated heterocycles. The highest BCUT2D eigenvalue weighted by atomic mass is 16.5. The van der Waals surface area contributed by atoms with Crippen LogP contribution in [0.15, 0.2) is 0 Å². The number of hydrogen-bond acceptors (Lipinski definition) is 4. The van der Waals surface area contributed by atoms with Gasteiger partial charge in [-0.25, -0.2) is 0 Å². The molecule has 2 saturated carbocycles. The van der Waals surface area contributed by atoms with Crippen molar-refractivity contribution in [2.45, 2.75) is 50.2 Å². The summed E-state index contributed by atoms with van der Waals surface area (Å²) < 4.78 is 5.53.